The lowest BCUT2D eigenvalue weighted by Crippen LogP contribution is -2.25. The largest absolute Gasteiger partial charge is 0.375 e. The molecule has 0 radical (unpaired) electrons. The van der Waals surface area contributed by atoms with Crippen LogP contribution in [0.5, 0.6) is 0 Å². The summed E-state index contributed by atoms with van der Waals surface area (Å²) in [7, 11) is 2.15. The molecule has 2 heteroatoms. The van der Waals surface area contributed by atoms with E-state index in [1.54, 1.807) is 0 Å². The first-order valence-corrected chi connectivity index (χ1v) is 6.59. The summed E-state index contributed by atoms with van der Waals surface area (Å²) in [5, 5.41) is 0. The Labute approximate surface area is 106 Å². The van der Waals surface area contributed by atoms with Gasteiger partial charge in [0.1, 0.15) is 0 Å². The van der Waals surface area contributed by atoms with Crippen molar-refractivity contribution in [3.05, 3.63) is 30.3 Å². The van der Waals surface area contributed by atoms with Gasteiger partial charge in [-0.1, -0.05) is 32.0 Å². The van der Waals surface area contributed by atoms with E-state index in [0.717, 1.165) is 19.0 Å². The molecule has 17 heavy (non-hydrogen) atoms. The van der Waals surface area contributed by atoms with E-state index in [1.165, 1.54) is 18.5 Å². The summed E-state index contributed by atoms with van der Waals surface area (Å²) in [6.45, 7) is 6.42. The van der Waals surface area contributed by atoms with Crippen LogP contribution in [0.3, 0.4) is 0 Å². The van der Waals surface area contributed by atoms with Crippen LogP contribution in [0.25, 0.3) is 0 Å². The molecule has 0 saturated carbocycles. The Morgan fingerprint density at radius 2 is 1.82 bits per heavy atom. The highest BCUT2D eigenvalue weighted by Gasteiger charge is 2.10. The SMILES string of the molecule is CC(C)CC(CN)CCN(C)c1ccccc1. The van der Waals surface area contributed by atoms with Crippen LogP contribution in [0.15, 0.2) is 30.3 Å². The van der Waals surface area contributed by atoms with Gasteiger partial charge >= 0.3 is 0 Å². The molecule has 0 bridgehead atoms. The predicted octanol–water partition coefficient (Wildman–Crippen LogP) is 3.13. The maximum atomic E-state index is 5.83. The third kappa shape index (κ3) is 5.22. The average Bonchev–Trinajstić information content (AvgIpc) is 2.34. The Kier molecular flexibility index (Phi) is 6.06. The third-order valence-electron chi connectivity index (χ3n) is 3.21. The van der Waals surface area contributed by atoms with Gasteiger partial charge in [-0.3, -0.25) is 0 Å². The molecule has 1 rings (SSSR count). The normalized spacial score (nSPS) is 12.8. The first kappa shape index (κ1) is 14.0. The molecule has 0 aromatic heterocycles. The molecule has 1 aromatic rings. The highest BCUT2D eigenvalue weighted by molar-refractivity contribution is 5.44. The summed E-state index contributed by atoms with van der Waals surface area (Å²) in [4.78, 5) is 2.31. The van der Waals surface area contributed by atoms with E-state index in [1.807, 2.05) is 0 Å². The number of hydrogen-bond donors (Lipinski definition) is 1. The van der Waals surface area contributed by atoms with E-state index in [-0.39, 0.29) is 0 Å². The first-order valence-electron chi connectivity index (χ1n) is 6.59. The van der Waals surface area contributed by atoms with Crippen molar-refractivity contribution in [2.24, 2.45) is 17.6 Å². The molecule has 1 atom stereocenters. The lowest BCUT2D eigenvalue weighted by atomic mass is 9.94. The zero-order valence-electron chi connectivity index (χ0n) is 11.4. The zero-order chi connectivity index (χ0) is 12.7. The summed E-state index contributed by atoms with van der Waals surface area (Å²) in [5.74, 6) is 1.40. The van der Waals surface area contributed by atoms with Crippen molar-refractivity contribution in [1.29, 1.82) is 0 Å². The van der Waals surface area contributed by atoms with Gasteiger partial charge in [0.25, 0.3) is 0 Å². The quantitative estimate of drug-likeness (QED) is 0.785. The van der Waals surface area contributed by atoms with Gasteiger partial charge in [0, 0.05) is 19.3 Å². The van der Waals surface area contributed by atoms with Gasteiger partial charge in [-0.25, -0.2) is 0 Å². The Morgan fingerprint density at radius 3 is 2.35 bits per heavy atom. The lowest BCUT2D eigenvalue weighted by Gasteiger charge is -2.23. The molecule has 1 aromatic carbocycles. The molecule has 1 unspecified atom stereocenters. The van der Waals surface area contributed by atoms with Gasteiger partial charge in [0.2, 0.25) is 0 Å². The molecule has 0 amide bonds. The first-order chi connectivity index (χ1) is 8.13. The predicted molar refractivity (Wildman–Crippen MR) is 76.3 cm³/mol. The fraction of sp³-hybridized carbons (Fsp3) is 0.600. The maximum Gasteiger partial charge on any atom is 0.0363 e. The number of hydrogen-bond acceptors (Lipinski definition) is 2. The zero-order valence-corrected chi connectivity index (χ0v) is 11.4. The molecule has 0 aliphatic rings. The fourth-order valence-electron chi connectivity index (χ4n) is 2.19. The van der Waals surface area contributed by atoms with Crippen LogP contribution in [0.4, 0.5) is 5.69 Å². The molecular weight excluding hydrogens is 208 g/mol. The molecule has 2 N–H and O–H groups in total. The molecule has 0 spiro atoms. The van der Waals surface area contributed by atoms with Crippen LogP contribution < -0.4 is 10.6 Å². The van der Waals surface area contributed by atoms with Crippen molar-refractivity contribution in [2.45, 2.75) is 26.7 Å². The monoisotopic (exact) mass is 234 g/mol. The Morgan fingerprint density at radius 1 is 1.18 bits per heavy atom. The van der Waals surface area contributed by atoms with Crippen LogP contribution in [-0.4, -0.2) is 20.1 Å². The van der Waals surface area contributed by atoms with E-state index < -0.39 is 0 Å². The minimum Gasteiger partial charge on any atom is -0.375 e. The Bertz CT molecular complexity index is 295. The minimum absolute atomic E-state index is 0.654. The van der Waals surface area contributed by atoms with Gasteiger partial charge in [-0.15, -0.1) is 0 Å². The van der Waals surface area contributed by atoms with Crippen LogP contribution in [0.2, 0.25) is 0 Å². The lowest BCUT2D eigenvalue weighted by molar-refractivity contribution is 0.396. The summed E-state index contributed by atoms with van der Waals surface area (Å²) in [6, 6.07) is 10.5. The van der Waals surface area contributed by atoms with E-state index in [2.05, 4.69) is 56.1 Å². The van der Waals surface area contributed by atoms with Crippen molar-refractivity contribution in [3.8, 4) is 0 Å². The van der Waals surface area contributed by atoms with Crippen molar-refractivity contribution >= 4 is 5.69 Å². The number of nitrogens with zero attached hydrogens (tertiary/aromatic N) is 1. The van der Waals surface area contributed by atoms with Crippen molar-refractivity contribution < 1.29 is 0 Å². The van der Waals surface area contributed by atoms with Crippen molar-refractivity contribution in [1.82, 2.24) is 0 Å². The standard InChI is InChI=1S/C15H26N2/c1-13(2)11-14(12-16)9-10-17(3)15-7-5-4-6-8-15/h4-8,13-14H,9-12,16H2,1-3H3. The van der Waals surface area contributed by atoms with Gasteiger partial charge in [0.15, 0.2) is 0 Å². The summed E-state index contributed by atoms with van der Waals surface area (Å²) in [6.07, 6.45) is 2.42. The second-order valence-corrected chi connectivity index (χ2v) is 5.28. The van der Waals surface area contributed by atoms with Crippen molar-refractivity contribution in [3.63, 3.8) is 0 Å². The minimum atomic E-state index is 0.654. The maximum absolute atomic E-state index is 5.83. The van der Waals surface area contributed by atoms with Crippen molar-refractivity contribution in [2.75, 3.05) is 25.0 Å². The van der Waals surface area contributed by atoms with Crippen LogP contribution in [0, 0.1) is 11.8 Å². The number of para-hydroxylation sites is 1. The molecule has 96 valence electrons. The molecule has 0 saturated heterocycles. The Balaban J connectivity index is 2.39. The van der Waals surface area contributed by atoms with E-state index in [4.69, 9.17) is 5.73 Å². The molecule has 0 aliphatic carbocycles. The van der Waals surface area contributed by atoms with Gasteiger partial charge < -0.3 is 10.6 Å². The van der Waals surface area contributed by atoms with E-state index in [0.29, 0.717) is 5.92 Å². The molecular formula is C15H26N2. The fourth-order valence-corrected chi connectivity index (χ4v) is 2.19. The van der Waals surface area contributed by atoms with Crippen LogP contribution >= 0.6 is 0 Å². The summed E-state index contributed by atoms with van der Waals surface area (Å²) >= 11 is 0. The van der Waals surface area contributed by atoms with Crippen LogP contribution in [0.1, 0.15) is 26.7 Å². The Hall–Kier alpha value is -1.02. The summed E-state index contributed by atoms with van der Waals surface area (Å²) in [5.41, 5.74) is 7.11. The number of anilines is 1. The third-order valence-corrected chi connectivity index (χ3v) is 3.21. The van der Waals surface area contributed by atoms with E-state index >= 15 is 0 Å². The second kappa shape index (κ2) is 7.33. The van der Waals surface area contributed by atoms with Gasteiger partial charge in [-0.2, -0.15) is 0 Å². The number of nitrogens with two attached hydrogens (primary N) is 1. The average molecular weight is 234 g/mol. The highest BCUT2D eigenvalue weighted by atomic mass is 15.1. The van der Waals surface area contributed by atoms with E-state index in [9.17, 15) is 0 Å². The molecule has 2 nitrogen and oxygen atoms in total. The van der Waals surface area contributed by atoms with Crippen LogP contribution in [-0.2, 0) is 0 Å². The van der Waals surface area contributed by atoms with Gasteiger partial charge in [0.05, 0.1) is 0 Å². The molecule has 0 heterocycles. The topological polar surface area (TPSA) is 29.3 Å². The highest BCUT2D eigenvalue weighted by Crippen LogP contribution is 2.17. The number of benzene rings is 1. The molecule has 0 fully saturated rings. The van der Waals surface area contributed by atoms with Gasteiger partial charge in [-0.05, 0) is 43.4 Å². The smallest absolute Gasteiger partial charge is 0.0363 e. The second-order valence-electron chi connectivity index (χ2n) is 5.28. The summed E-state index contributed by atoms with van der Waals surface area (Å²) < 4.78 is 0. The molecule has 0 aliphatic heterocycles. The number of rotatable bonds is 7.